The van der Waals surface area contributed by atoms with Crippen LogP contribution in [0.2, 0.25) is 0 Å². The van der Waals surface area contributed by atoms with Gasteiger partial charge in [0.05, 0.1) is 13.2 Å². The van der Waals surface area contributed by atoms with Gasteiger partial charge in [0.1, 0.15) is 0 Å². The van der Waals surface area contributed by atoms with Crippen molar-refractivity contribution in [3.8, 4) is 0 Å². The van der Waals surface area contributed by atoms with E-state index >= 15 is 0 Å². The molecule has 0 spiro atoms. The highest BCUT2D eigenvalue weighted by Gasteiger charge is 2.16. The summed E-state index contributed by atoms with van der Waals surface area (Å²) in [4.78, 5) is 2.37. The average molecular weight is 216 g/mol. The summed E-state index contributed by atoms with van der Waals surface area (Å²) in [5.41, 5.74) is 4.94. The zero-order chi connectivity index (χ0) is 11.0. The van der Waals surface area contributed by atoms with Crippen LogP contribution in [0.25, 0.3) is 0 Å². The standard InChI is InChI=1S/C13H16N2O/c1-10-8-11-2-3-12(9-13(11)14-10)15-4-6-16-7-5-15/h2-3,9,14H,1,4-8H2. The van der Waals surface area contributed by atoms with Gasteiger partial charge < -0.3 is 15.0 Å². The lowest BCUT2D eigenvalue weighted by Crippen LogP contribution is -2.36. The molecule has 0 bridgehead atoms. The van der Waals surface area contributed by atoms with Gasteiger partial charge in [-0.1, -0.05) is 12.6 Å². The summed E-state index contributed by atoms with van der Waals surface area (Å²) in [5.74, 6) is 0. The van der Waals surface area contributed by atoms with Crippen molar-refractivity contribution in [2.24, 2.45) is 0 Å². The highest BCUT2D eigenvalue weighted by Crippen LogP contribution is 2.31. The van der Waals surface area contributed by atoms with Crippen molar-refractivity contribution in [1.29, 1.82) is 0 Å². The SMILES string of the molecule is C=C1Cc2ccc(N3CCOCC3)cc2N1. The summed E-state index contributed by atoms with van der Waals surface area (Å²) in [6.07, 6.45) is 0.957. The minimum atomic E-state index is 0.831. The minimum Gasteiger partial charge on any atom is -0.378 e. The van der Waals surface area contributed by atoms with E-state index in [9.17, 15) is 0 Å². The fourth-order valence-electron chi connectivity index (χ4n) is 2.32. The molecule has 1 N–H and O–H groups in total. The highest BCUT2D eigenvalue weighted by molar-refractivity contribution is 5.68. The van der Waals surface area contributed by atoms with E-state index in [-0.39, 0.29) is 0 Å². The molecule has 2 aliphatic rings. The predicted molar refractivity (Wildman–Crippen MR) is 65.9 cm³/mol. The molecule has 0 amide bonds. The molecular weight excluding hydrogens is 200 g/mol. The number of anilines is 2. The van der Waals surface area contributed by atoms with Crippen LogP contribution in [0.1, 0.15) is 5.56 Å². The van der Waals surface area contributed by atoms with E-state index in [1.807, 2.05) is 0 Å². The molecule has 1 saturated heterocycles. The van der Waals surface area contributed by atoms with Crippen LogP contribution in [0.5, 0.6) is 0 Å². The second-order valence-corrected chi connectivity index (χ2v) is 4.35. The first-order valence-corrected chi connectivity index (χ1v) is 5.73. The largest absolute Gasteiger partial charge is 0.378 e. The molecule has 2 aliphatic heterocycles. The smallest absolute Gasteiger partial charge is 0.0642 e. The zero-order valence-corrected chi connectivity index (χ0v) is 9.33. The Morgan fingerprint density at radius 3 is 2.88 bits per heavy atom. The van der Waals surface area contributed by atoms with Crippen LogP contribution in [0.3, 0.4) is 0 Å². The van der Waals surface area contributed by atoms with E-state index in [2.05, 4.69) is 35.0 Å². The second kappa shape index (κ2) is 3.83. The Labute approximate surface area is 95.7 Å². The van der Waals surface area contributed by atoms with Crippen LogP contribution in [0.15, 0.2) is 30.5 Å². The minimum absolute atomic E-state index is 0.831. The molecule has 3 nitrogen and oxygen atoms in total. The van der Waals surface area contributed by atoms with E-state index in [1.54, 1.807) is 0 Å². The quantitative estimate of drug-likeness (QED) is 0.777. The van der Waals surface area contributed by atoms with Crippen molar-refractivity contribution in [3.05, 3.63) is 36.0 Å². The number of rotatable bonds is 1. The van der Waals surface area contributed by atoms with Crippen LogP contribution in [0, 0.1) is 0 Å². The second-order valence-electron chi connectivity index (χ2n) is 4.35. The predicted octanol–water partition coefficient (Wildman–Crippen LogP) is 2.00. The van der Waals surface area contributed by atoms with Crippen LogP contribution >= 0.6 is 0 Å². The topological polar surface area (TPSA) is 24.5 Å². The molecule has 2 heterocycles. The molecule has 0 atom stereocenters. The third kappa shape index (κ3) is 1.67. The monoisotopic (exact) mass is 216 g/mol. The van der Waals surface area contributed by atoms with Crippen molar-refractivity contribution >= 4 is 11.4 Å². The number of allylic oxidation sites excluding steroid dienone is 1. The lowest BCUT2D eigenvalue weighted by molar-refractivity contribution is 0.122. The maximum absolute atomic E-state index is 5.36. The zero-order valence-electron chi connectivity index (χ0n) is 9.33. The molecular formula is C13H16N2O. The summed E-state index contributed by atoms with van der Waals surface area (Å²) in [6.45, 7) is 7.60. The molecule has 1 aromatic rings. The molecule has 84 valence electrons. The third-order valence-corrected chi connectivity index (χ3v) is 3.18. The molecule has 1 aromatic carbocycles. The lowest BCUT2D eigenvalue weighted by atomic mass is 10.1. The summed E-state index contributed by atoms with van der Waals surface area (Å²) >= 11 is 0. The number of hydrogen-bond acceptors (Lipinski definition) is 3. The van der Waals surface area contributed by atoms with Crippen molar-refractivity contribution in [3.63, 3.8) is 0 Å². The summed E-state index contributed by atoms with van der Waals surface area (Å²) in [6, 6.07) is 6.62. The van der Waals surface area contributed by atoms with Crippen molar-refractivity contribution in [2.75, 3.05) is 36.5 Å². The average Bonchev–Trinajstić information content (AvgIpc) is 2.69. The van der Waals surface area contributed by atoms with Crippen molar-refractivity contribution < 1.29 is 4.74 Å². The number of benzene rings is 1. The van der Waals surface area contributed by atoms with Crippen LogP contribution < -0.4 is 10.2 Å². The van der Waals surface area contributed by atoms with E-state index < -0.39 is 0 Å². The molecule has 0 radical (unpaired) electrons. The third-order valence-electron chi connectivity index (χ3n) is 3.18. The highest BCUT2D eigenvalue weighted by atomic mass is 16.5. The fraction of sp³-hybridized carbons (Fsp3) is 0.385. The number of nitrogens with zero attached hydrogens (tertiary/aromatic N) is 1. The number of morpholine rings is 1. The Bertz CT molecular complexity index is 422. The summed E-state index contributed by atoms with van der Waals surface area (Å²) < 4.78 is 5.36. The Kier molecular flexibility index (Phi) is 2.33. The maximum Gasteiger partial charge on any atom is 0.0642 e. The van der Waals surface area contributed by atoms with Gasteiger partial charge in [0.15, 0.2) is 0 Å². The van der Waals surface area contributed by atoms with Gasteiger partial charge >= 0.3 is 0 Å². The van der Waals surface area contributed by atoms with Gasteiger partial charge in [-0.05, 0) is 17.7 Å². The molecule has 0 aromatic heterocycles. The number of nitrogens with one attached hydrogen (secondary N) is 1. The van der Waals surface area contributed by atoms with Gasteiger partial charge in [-0.15, -0.1) is 0 Å². The first kappa shape index (κ1) is 9.73. The van der Waals surface area contributed by atoms with Gasteiger partial charge in [0, 0.05) is 36.6 Å². The number of fused-ring (bicyclic) bond motifs is 1. The fourth-order valence-corrected chi connectivity index (χ4v) is 2.32. The Hall–Kier alpha value is -1.48. The first-order valence-electron chi connectivity index (χ1n) is 5.73. The molecule has 1 fully saturated rings. The van der Waals surface area contributed by atoms with Gasteiger partial charge in [-0.25, -0.2) is 0 Å². The molecule has 0 aliphatic carbocycles. The van der Waals surface area contributed by atoms with Crippen molar-refractivity contribution in [2.45, 2.75) is 6.42 Å². The first-order chi connectivity index (χ1) is 7.83. The van der Waals surface area contributed by atoms with E-state index in [0.717, 1.165) is 38.4 Å². The maximum atomic E-state index is 5.36. The lowest BCUT2D eigenvalue weighted by Gasteiger charge is -2.29. The van der Waals surface area contributed by atoms with E-state index in [0.29, 0.717) is 0 Å². The molecule has 3 heteroatoms. The summed E-state index contributed by atoms with van der Waals surface area (Å²) in [7, 11) is 0. The van der Waals surface area contributed by atoms with E-state index in [1.165, 1.54) is 16.9 Å². The van der Waals surface area contributed by atoms with Crippen LogP contribution in [-0.4, -0.2) is 26.3 Å². The van der Waals surface area contributed by atoms with Crippen LogP contribution in [0.4, 0.5) is 11.4 Å². The summed E-state index contributed by atoms with van der Waals surface area (Å²) in [5, 5.41) is 3.32. The van der Waals surface area contributed by atoms with Crippen LogP contribution in [-0.2, 0) is 11.2 Å². The van der Waals surface area contributed by atoms with Gasteiger partial charge in [0.25, 0.3) is 0 Å². The normalized spacial score (nSPS) is 19.5. The molecule has 0 unspecified atom stereocenters. The Morgan fingerprint density at radius 2 is 2.06 bits per heavy atom. The molecule has 3 rings (SSSR count). The molecule has 16 heavy (non-hydrogen) atoms. The molecule has 0 saturated carbocycles. The Balaban J connectivity index is 1.86. The Morgan fingerprint density at radius 1 is 1.25 bits per heavy atom. The number of hydrogen-bond donors (Lipinski definition) is 1. The van der Waals surface area contributed by atoms with E-state index in [4.69, 9.17) is 4.74 Å². The van der Waals surface area contributed by atoms with Gasteiger partial charge in [-0.2, -0.15) is 0 Å². The number of ether oxygens (including phenoxy) is 1. The van der Waals surface area contributed by atoms with Gasteiger partial charge in [-0.3, -0.25) is 0 Å². The van der Waals surface area contributed by atoms with Crippen molar-refractivity contribution in [1.82, 2.24) is 0 Å². The van der Waals surface area contributed by atoms with Gasteiger partial charge in [0.2, 0.25) is 0 Å².